The van der Waals surface area contributed by atoms with Crippen molar-refractivity contribution in [1.82, 2.24) is 0 Å². The number of hydrogen-bond donors (Lipinski definition) is 0. The summed E-state index contributed by atoms with van der Waals surface area (Å²) < 4.78 is 11.7. The summed E-state index contributed by atoms with van der Waals surface area (Å²) in [4.78, 5) is 0. The summed E-state index contributed by atoms with van der Waals surface area (Å²) in [5.41, 5.74) is 1.21. The molecule has 0 bridgehead atoms. The van der Waals surface area contributed by atoms with Crippen LogP contribution < -0.4 is 9.47 Å². The van der Waals surface area contributed by atoms with Gasteiger partial charge in [-0.2, -0.15) is 0 Å². The molecule has 1 aromatic carbocycles. The summed E-state index contributed by atoms with van der Waals surface area (Å²) in [6.45, 7) is 4.42. The van der Waals surface area contributed by atoms with Gasteiger partial charge in [-0.05, 0) is 39.9 Å². The van der Waals surface area contributed by atoms with Gasteiger partial charge in [0.1, 0.15) is 11.5 Å². The lowest BCUT2D eigenvalue weighted by Gasteiger charge is -2.27. The second-order valence-electron chi connectivity index (χ2n) is 4.51. The molecule has 0 fully saturated rings. The molecule has 0 aliphatic rings. The SMILES string of the molecule is COc1cc(C(C)(C)CCBr)c(OC)cc1Br. The Morgan fingerprint density at radius 2 is 1.71 bits per heavy atom. The van der Waals surface area contributed by atoms with Crippen LogP contribution in [0.5, 0.6) is 11.5 Å². The molecule has 1 aromatic rings. The number of benzene rings is 1. The van der Waals surface area contributed by atoms with Crippen molar-refractivity contribution in [3.05, 3.63) is 22.2 Å². The summed E-state index contributed by atoms with van der Waals surface area (Å²) in [6, 6.07) is 4.01. The lowest BCUT2D eigenvalue weighted by Crippen LogP contribution is -2.19. The van der Waals surface area contributed by atoms with Gasteiger partial charge in [-0.1, -0.05) is 29.8 Å². The van der Waals surface area contributed by atoms with E-state index < -0.39 is 0 Å². The number of rotatable bonds is 5. The van der Waals surface area contributed by atoms with Crippen LogP contribution >= 0.6 is 31.9 Å². The topological polar surface area (TPSA) is 18.5 Å². The van der Waals surface area contributed by atoms with E-state index in [1.54, 1.807) is 14.2 Å². The maximum atomic E-state index is 5.46. The predicted molar refractivity (Wildman–Crippen MR) is 78.7 cm³/mol. The van der Waals surface area contributed by atoms with Gasteiger partial charge < -0.3 is 9.47 Å². The Bertz CT molecular complexity index is 389. The normalized spacial score (nSPS) is 11.4. The van der Waals surface area contributed by atoms with Gasteiger partial charge in [0.05, 0.1) is 18.7 Å². The van der Waals surface area contributed by atoms with E-state index in [1.165, 1.54) is 5.56 Å². The van der Waals surface area contributed by atoms with Gasteiger partial charge >= 0.3 is 0 Å². The minimum atomic E-state index is 0.0445. The molecule has 4 heteroatoms. The lowest BCUT2D eigenvalue weighted by atomic mass is 9.81. The first-order valence-corrected chi connectivity index (χ1v) is 7.35. The van der Waals surface area contributed by atoms with Crippen LogP contribution in [-0.2, 0) is 5.41 Å². The molecule has 1 rings (SSSR count). The fraction of sp³-hybridized carbons (Fsp3) is 0.538. The molecule has 0 heterocycles. The third-order valence-electron chi connectivity index (χ3n) is 2.92. The summed E-state index contributed by atoms with van der Waals surface area (Å²) in [6.07, 6.45) is 1.04. The smallest absolute Gasteiger partial charge is 0.133 e. The molecule has 0 saturated heterocycles. The van der Waals surface area contributed by atoms with Gasteiger partial charge in [0, 0.05) is 10.9 Å². The largest absolute Gasteiger partial charge is 0.496 e. The second kappa shape index (κ2) is 6.10. The fourth-order valence-electron chi connectivity index (χ4n) is 1.76. The zero-order chi connectivity index (χ0) is 13.1. The molecular formula is C13H18Br2O2. The van der Waals surface area contributed by atoms with Crippen LogP contribution in [-0.4, -0.2) is 19.5 Å². The maximum Gasteiger partial charge on any atom is 0.133 e. The molecule has 0 N–H and O–H groups in total. The van der Waals surface area contributed by atoms with Crippen molar-refractivity contribution in [1.29, 1.82) is 0 Å². The Morgan fingerprint density at radius 1 is 1.12 bits per heavy atom. The average molecular weight is 366 g/mol. The van der Waals surface area contributed by atoms with Crippen molar-refractivity contribution < 1.29 is 9.47 Å². The molecule has 0 aromatic heterocycles. The average Bonchev–Trinajstić information content (AvgIpc) is 2.28. The Morgan fingerprint density at radius 3 is 2.18 bits per heavy atom. The fourth-order valence-corrected chi connectivity index (χ4v) is 3.24. The van der Waals surface area contributed by atoms with Gasteiger partial charge in [-0.15, -0.1) is 0 Å². The predicted octanol–water partition coefficient (Wildman–Crippen LogP) is 4.53. The molecule has 0 atom stereocenters. The van der Waals surface area contributed by atoms with Gasteiger partial charge in [0.2, 0.25) is 0 Å². The third-order valence-corrected chi connectivity index (χ3v) is 3.94. The van der Waals surface area contributed by atoms with Crippen LogP contribution in [0.2, 0.25) is 0 Å². The lowest BCUT2D eigenvalue weighted by molar-refractivity contribution is 0.380. The highest BCUT2D eigenvalue weighted by Gasteiger charge is 2.25. The van der Waals surface area contributed by atoms with E-state index in [-0.39, 0.29) is 5.41 Å². The summed E-state index contributed by atoms with van der Waals surface area (Å²) in [5.74, 6) is 1.73. The number of alkyl halides is 1. The first kappa shape index (κ1) is 14.8. The molecule has 0 saturated carbocycles. The Labute approximate surface area is 120 Å². The first-order chi connectivity index (χ1) is 7.96. The maximum absolute atomic E-state index is 5.46. The van der Waals surface area contributed by atoms with Crippen molar-refractivity contribution >= 4 is 31.9 Å². The quantitative estimate of drug-likeness (QED) is 0.713. The van der Waals surface area contributed by atoms with Crippen LogP contribution in [0.4, 0.5) is 0 Å². The van der Waals surface area contributed by atoms with Crippen LogP contribution in [0.3, 0.4) is 0 Å². The van der Waals surface area contributed by atoms with Crippen molar-refractivity contribution in [2.24, 2.45) is 0 Å². The standard InChI is InChI=1S/C13H18Br2O2/c1-13(2,5-6-14)9-7-12(17-4)10(15)8-11(9)16-3/h7-8H,5-6H2,1-4H3. The highest BCUT2D eigenvalue weighted by Crippen LogP contribution is 2.40. The number of methoxy groups -OCH3 is 2. The molecule has 0 radical (unpaired) electrons. The first-order valence-electron chi connectivity index (χ1n) is 5.44. The van der Waals surface area contributed by atoms with Crippen molar-refractivity contribution in [3.8, 4) is 11.5 Å². The summed E-state index contributed by atoms with van der Waals surface area (Å²) >= 11 is 6.97. The van der Waals surface area contributed by atoms with Crippen LogP contribution in [0.1, 0.15) is 25.8 Å². The van der Waals surface area contributed by atoms with E-state index >= 15 is 0 Å². The second-order valence-corrected chi connectivity index (χ2v) is 6.16. The zero-order valence-electron chi connectivity index (χ0n) is 10.6. The van der Waals surface area contributed by atoms with Crippen molar-refractivity contribution in [2.75, 3.05) is 19.5 Å². The van der Waals surface area contributed by atoms with Crippen molar-refractivity contribution in [2.45, 2.75) is 25.7 Å². The molecule has 0 aliphatic heterocycles. The molecule has 0 unspecified atom stereocenters. The van der Waals surface area contributed by atoms with E-state index in [9.17, 15) is 0 Å². The molecule has 96 valence electrons. The summed E-state index contributed by atoms with van der Waals surface area (Å²) in [5, 5.41) is 0.960. The molecule has 0 aliphatic carbocycles. The van der Waals surface area contributed by atoms with Gasteiger partial charge in [0.25, 0.3) is 0 Å². The molecular weight excluding hydrogens is 348 g/mol. The van der Waals surface area contributed by atoms with Crippen molar-refractivity contribution in [3.63, 3.8) is 0 Å². The van der Waals surface area contributed by atoms with E-state index in [0.29, 0.717) is 0 Å². The van der Waals surface area contributed by atoms with E-state index in [0.717, 1.165) is 27.7 Å². The minimum Gasteiger partial charge on any atom is -0.496 e. The monoisotopic (exact) mass is 364 g/mol. The van der Waals surface area contributed by atoms with E-state index in [2.05, 4.69) is 45.7 Å². The number of hydrogen-bond acceptors (Lipinski definition) is 2. The van der Waals surface area contributed by atoms with Crippen LogP contribution in [0, 0.1) is 0 Å². The number of halogens is 2. The molecule has 17 heavy (non-hydrogen) atoms. The van der Waals surface area contributed by atoms with E-state index in [1.807, 2.05) is 12.1 Å². The summed E-state index contributed by atoms with van der Waals surface area (Å²) in [7, 11) is 3.37. The minimum absolute atomic E-state index is 0.0445. The molecule has 0 spiro atoms. The Hall–Kier alpha value is -0.220. The van der Waals surface area contributed by atoms with Gasteiger partial charge in [-0.25, -0.2) is 0 Å². The Balaban J connectivity index is 3.29. The highest BCUT2D eigenvalue weighted by atomic mass is 79.9. The number of ether oxygens (including phenoxy) is 2. The third kappa shape index (κ3) is 3.38. The van der Waals surface area contributed by atoms with E-state index in [4.69, 9.17) is 9.47 Å². The van der Waals surface area contributed by atoms with Crippen LogP contribution in [0.25, 0.3) is 0 Å². The Kier molecular flexibility index (Phi) is 5.32. The zero-order valence-corrected chi connectivity index (χ0v) is 13.8. The van der Waals surface area contributed by atoms with Gasteiger partial charge in [0.15, 0.2) is 0 Å². The highest BCUT2D eigenvalue weighted by molar-refractivity contribution is 9.10. The van der Waals surface area contributed by atoms with Crippen LogP contribution in [0.15, 0.2) is 16.6 Å². The van der Waals surface area contributed by atoms with Gasteiger partial charge in [-0.3, -0.25) is 0 Å². The molecule has 0 amide bonds. The molecule has 2 nitrogen and oxygen atoms in total.